The number of unbranched alkanes of at least 4 members (excludes halogenated alkanes) is 2. The predicted octanol–water partition coefficient (Wildman–Crippen LogP) is 6.15. The van der Waals surface area contributed by atoms with E-state index < -0.39 is 5.97 Å². The number of nitrogens with one attached hydrogen (secondary N) is 1. The molecular formula is C27H30N2O4. The standard InChI is InChI=1S/C27H30N2O4/c1-3-4-6-12-20(23-13-9-16-28-26(23)33-2)18-25(30)29-24-17-21(27(31)32)14-15-22(24)19-10-7-5-8-11-19/h5,7-11,13-17,20H,3-4,6,12,18H2,1-2H3,(H,29,30)(H,31,32). The molecule has 0 aliphatic carbocycles. The number of pyridine rings is 1. The summed E-state index contributed by atoms with van der Waals surface area (Å²) in [6.07, 6.45) is 5.93. The summed E-state index contributed by atoms with van der Waals surface area (Å²) in [4.78, 5) is 29.0. The number of carbonyl (C=O) groups is 2. The molecule has 2 N–H and O–H groups in total. The number of aromatic carboxylic acids is 1. The highest BCUT2D eigenvalue weighted by Gasteiger charge is 2.21. The zero-order chi connectivity index (χ0) is 23.6. The maximum atomic E-state index is 13.2. The van der Waals surface area contributed by atoms with Crippen LogP contribution in [0, 0.1) is 0 Å². The van der Waals surface area contributed by atoms with E-state index >= 15 is 0 Å². The van der Waals surface area contributed by atoms with E-state index in [1.807, 2.05) is 42.5 Å². The van der Waals surface area contributed by atoms with Gasteiger partial charge in [-0.1, -0.05) is 68.7 Å². The molecule has 6 nitrogen and oxygen atoms in total. The van der Waals surface area contributed by atoms with Gasteiger partial charge in [0.25, 0.3) is 0 Å². The first-order valence-electron chi connectivity index (χ1n) is 11.2. The highest BCUT2D eigenvalue weighted by Crippen LogP contribution is 2.33. The number of benzene rings is 2. The van der Waals surface area contributed by atoms with Gasteiger partial charge in [-0.25, -0.2) is 9.78 Å². The number of aromatic nitrogens is 1. The third-order valence-electron chi connectivity index (χ3n) is 5.65. The molecule has 33 heavy (non-hydrogen) atoms. The third kappa shape index (κ3) is 6.42. The zero-order valence-electron chi connectivity index (χ0n) is 19.1. The number of methoxy groups -OCH3 is 1. The van der Waals surface area contributed by atoms with Crippen molar-refractivity contribution in [1.29, 1.82) is 0 Å². The average Bonchev–Trinajstić information content (AvgIpc) is 2.84. The number of amides is 1. The Kier molecular flexibility index (Phi) is 8.58. The van der Waals surface area contributed by atoms with Gasteiger partial charge in [0.1, 0.15) is 0 Å². The van der Waals surface area contributed by atoms with Crippen molar-refractivity contribution in [3.63, 3.8) is 0 Å². The molecule has 172 valence electrons. The van der Waals surface area contributed by atoms with Gasteiger partial charge in [-0.05, 0) is 36.1 Å². The fraction of sp³-hybridized carbons (Fsp3) is 0.296. The maximum Gasteiger partial charge on any atom is 0.335 e. The minimum Gasteiger partial charge on any atom is -0.481 e. The van der Waals surface area contributed by atoms with Gasteiger partial charge in [-0.2, -0.15) is 0 Å². The Morgan fingerprint density at radius 1 is 1.06 bits per heavy atom. The van der Waals surface area contributed by atoms with Crippen LogP contribution in [-0.2, 0) is 4.79 Å². The number of carboxylic acid groups (broad SMARTS) is 1. The normalized spacial score (nSPS) is 11.6. The molecule has 1 aromatic heterocycles. The van der Waals surface area contributed by atoms with Crippen LogP contribution in [0.4, 0.5) is 5.69 Å². The molecule has 0 fully saturated rings. The van der Waals surface area contributed by atoms with E-state index in [1.165, 1.54) is 6.07 Å². The van der Waals surface area contributed by atoms with E-state index in [2.05, 4.69) is 17.2 Å². The largest absolute Gasteiger partial charge is 0.481 e. The number of hydrogen-bond acceptors (Lipinski definition) is 4. The van der Waals surface area contributed by atoms with Gasteiger partial charge in [0.2, 0.25) is 11.8 Å². The van der Waals surface area contributed by atoms with Crippen molar-refractivity contribution in [3.8, 4) is 17.0 Å². The SMILES string of the molecule is CCCCCC(CC(=O)Nc1cc(C(=O)O)ccc1-c1ccccc1)c1cccnc1OC. The van der Waals surface area contributed by atoms with E-state index in [0.717, 1.165) is 42.4 Å². The zero-order valence-corrected chi connectivity index (χ0v) is 19.1. The van der Waals surface area contributed by atoms with Crippen molar-refractivity contribution in [3.05, 3.63) is 78.0 Å². The van der Waals surface area contributed by atoms with E-state index in [1.54, 1.807) is 25.4 Å². The van der Waals surface area contributed by atoms with Crippen LogP contribution in [0.2, 0.25) is 0 Å². The lowest BCUT2D eigenvalue weighted by atomic mass is 9.90. The van der Waals surface area contributed by atoms with Crippen LogP contribution in [0.3, 0.4) is 0 Å². The summed E-state index contributed by atoms with van der Waals surface area (Å²) in [6.45, 7) is 2.15. The molecule has 0 spiro atoms. The lowest BCUT2D eigenvalue weighted by Crippen LogP contribution is -2.17. The van der Waals surface area contributed by atoms with Crippen LogP contribution in [-0.4, -0.2) is 29.1 Å². The van der Waals surface area contributed by atoms with Gasteiger partial charge in [0.15, 0.2) is 0 Å². The second kappa shape index (κ2) is 11.8. The van der Waals surface area contributed by atoms with Crippen molar-refractivity contribution >= 4 is 17.6 Å². The molecule has 1 unspecified atom stereocenters. The third-order valence-corrected chi connectivity index (χ3v) is 5.65. The number of anilines is 1. The van der Waals surface area contributed by atoms with Crippen LogP contribution < -0.4 is 10.1 Å². The highest BCUT2D eigenvalue weighted by molar-refractivity contribution is 5.98. The molecular weight excluding hydrogens is 416 g/mol. The van der Waals surface area contributed by atoms with Crippen molar-refractivity contribution < 1.29 is 19.4 Å². The van der Waals surface area contributed by atoms with Crippen molar-refractivity contribution in [2.75, 3.05) is 12.4 Å². The number of rotatable bonds is 11. The number of nitrogens with zero attached hydrogens (tertiary/aromatic N) is 1. The summed E-state index contributed by atoms with van der Waals surface area (Å²) in [5.74, 6) is -0.738. The Bertz CT molecular complexity index is 1080. The van der Waals surface area contributed by atoms with E-state index in [4.69, 9.17) is 4.74 Å². The van der Waals surface area contributed by atoms with E-state index in [9.17, 15) is 14.7 Å². The smallest absolute Gasteiger partial charge is 0.335 e. The van der Waals surface area contributed by atoms with Crippen LogP contribution in [0.15, 0.2) is 66.9 Å². The Morgan fingerprint density at radius 2 is 1.85 bits per heavy atom. The average molecular weight is 447 g/mol. The molecule has 0 aliphatic heterocycles. The van der Waals surface area contributed by atoms with E-state index in [-0.39, 0.29) is 23.8 Å². The number of hydrogen-bond donors (Lipinski definition) is 2. The minimum absolute atomic E-state index is 0.0527. The Labute approximate surface area is 194 Å². The molecule has 0 saturated heterocycles. The van der Waals surface area contributed by atoms with Gasteiger partial charge in [0, 0.05) is 29.4 Å². The lowest BCUT2D eigenvalue weighted by Gasteiger charge is -2.20. The number of carbonyl (C=O) groups excluding carboxylic acids is 1. The van der Waals surface area contributed by atoms with Crippen LogP contribution in [0.5, 0.6) is 5.88 Å². The Hall–Kier alpha value is -3.67. The molecule has 0 aliphatic rings. The van der Waals surface area contributed by atoms with E-state index in [0.29, 0.717) is 11.6 Å². The number of carboxylic acids is 1. The van der Waals surface area contributed by atoms with Gasteiger partial charge >= 0.3 is 5.97 Å². The first-order chi connectivity index (χ1) is 16.0. The summed E-state index contributed by atoms with van der Waals surface area (Å²) < 4.78 is 5.44. The summed E-state index contributed by atoms with van der Waals surface area (Å²) >= 11 is 0. The molecule has 3 rings (SSSR count). The second-order valence-electron chi connectivity index (χ2n) is 7.98. The first kappa shape index (κ1) is 24.0. The van der Waals surface area contributed by atoms with Crippen molar-refractivity contribution in [1.82, 2.24) is 4.98 Å². The Morgan fingerprint density at radius 3 is 2.55 bits per heavy atom. The van der Waals surface area contributed by atoms with Crippen molar-refractivity contribution in [2.45, 2.75) is 44.9 Å². The monoisotopic (exact) mass is 446 g/mol. The van der Waals surface area contributed by atoms with Crippen molar-refractivity contribution in [2.24, 2.45) is 0 Å². The highest BCUT2D eigenvalue weighted by atomic mass is 16.5. The number of ether oxygens (including phenoxy) is 1. The fourth-order valence-electron chi connectivity index (χ4n) is 3.97. The van der Waals surface area contributed by atoms with Gasteiger partial charge in [-0.15, -0.1) is 0 Å². The predicted molar refractivity (Wildman–Crippen MR) is 130 cm³/mol. The first-order valence-corrected chi connectivity index (χ1v) is 11.2. The summed E-state index contributed by atoms with van der Waals surface area (Å²) in [5.41, 5.74) is 3.19. The molecule has 3 aromatic rings. The van der Waals surface area contributed by atoms with Gasteiger partial charge < -0.3 is 15.2 Å². The molecule has 1 amide bonds. The van der Waals surface area contributed by atoms with Gasteiger partial charge in [0.05, 0.1) is 12.7 Å². The topological polar surface area (TPSA) is 88.5 Å². The van der Waals surface area contributed by atoms with Gasteiger partial charge in [-0.3, -0.25) is 4.79 Å². The molecule has 0 bridgehead atoms. The van der Waals surface area contributed by atoms with Crippen LogP contribution >= 0.6 is 0 Å². The molecule has 0 saturated carbocycles. The van der Waals surface area contributed by atoms with Crippen LogP contribution in [0.25, 0.3) is 11.1 Å². The lowest BCUT2D eigenvalue weighted by molar-refractivity contribution is -0.116. The summed E-state index contributed by atoms with van der Waals surface area (Å²) in [5, 5.41) is 12.4. The minimum atomic E-state index is -1.04. The fourth-order valence-corrected chi connectivity index (χ4v) is 3.97. The molecule has 0 radical (unpaired) electrons. The summed E-state index contributed by atoms with van der Waals surface area (Å²) in [7, 11) is 1.58. The summed E-state index contributed by atoms with van der Waals surface area (Å²) in [6, 6.07) is 18.2. The molecule has 1 heterocycles. The maximum absolute atomic E-state index is 13.2. The second-order valence-corrected chi connectivity index (χ2v) is 7.98. The quantitative estimate of drug-likeness (QED) is 0.345. The molecule has 2 aromatic carbocycles. The Balaban J connectivity index is 1.87. The molecule has 6 heteroatoms. The molecule has 1 atom stereocenters. The van der Waals surface area contributed by atoms with Crippen LogP contribution in [0.1, 0.15) is 60.9 Å².